The zero-order valence-electron chi connectivity index (χ0n) is 14.4. The molecule has 4 rings (SSSR count). The Kier molecular flexibility index (Phi) is 4.36. The largest absolute Gasteiger partial charge is 0.326 e. The lowest BCUT2D eigenvalue weighted by atomic mass is 10.2. The monoisotopic (exact) mass is 357 g/mol. The van der Waals surface area contributed by atoms with Gasteiger partial charge < -0.3 is 9.88 Å². The van der Waals surface area contributed by atoms with Gasteiger partial charge in [0.15, 0.2) is 0 Å². The third-order valence-electron chi connectivity index (χ3n) is 4.05. The van der Waals surface area contributed by atoms with Crippen LogP contribution >= 0.6 is 0 Å². The Morgan fingerprint density at radius 1 is 1.00 bits per heavy atom. The third-order valence-corrected chi connectivity index (χ3v) is 4.05. The highest BCUT2D eigenvalue weighted by Crippen LogP contribution is 2.25. The fourth-order valence-electron chi connectivity index (χ4n) is 2.71. The lowest BCUT2D eigenvalue weighted by molar-refractivity contribution is 0.924. The van der Waals surface area contributed by atoms with E-state index in [9.17, 15) is 4.91 Å². The molecular formula is C19H15N7O. The van der Waals surface area contributed by atoms with Gasteiger partial charge in [-0.3, -0.25) is 4.98 Å². The third kappa shape index (κ3) is 3.40. The summed E-state index contributed by atoms with van der Waals surface area (Å²) < 4.78 is 1.97. The van der Waals surface area contributed by atoms with Crippen LogP contribution in [-0.2, 0) is 7.05 Å². The molecule has 0 amide bonds. The molecule has 1 N–H and O–H groups in total. The lowest BCUT2D eigenvalue weighted by Gasteiger charge is -2.08. The van der Waals surface area contributed by atoms with Crippen molar-refractivity contribution in [2.45, 2.75) is 0 Å². The Morgan fingerprint density at radius 3 is 2.59 bits per heavy atom. The first-order valence-electron chi connectivity index (χ1n) is 8.20. The van der Waals surface area contributed by atoms with Gasteiger partial charge in [-0.1, -0.05) is 0 Å². The number of aromatic nitrogens is 5. The molecule has 0 aliphatic heterocycles. The quantitative estimate of drug-likeness (QED) is 0.540. The molecule has 8 heteroatoms. The van der Waals surface area contributed by atoms with E-state index in [0.717, 1.165) is 28.5 Å². The summed E-state index contributed by atoms with van der Waals surface area (Å²) >= 11 is 0. The predicted octanol–water partition coefficient (Wildman–Crippen LogP) is 4.08. The Labute approximate surface area is 155 Å². The average molecular weight is 357 g/mol. The second-order valence-electron chi connectivity index (χ2n) is 5.80. The van der Waals surface area contributed by atoms with Crippen molar-refractivity contribution in [1.29, 1.82) is 0 Å². The summed E-state index contributed by atoms with van der Waals surface area (Å²) in [5.41, 5.74) is 3.67. The molecule has 3 aromatic heterocycles. The van der Waals surface area contributed by atoms with Crippen LogP contribution in [0.3, 0.4) is 0 Å². The highest BCUT2D eigenvalue weighted by molar-refractivity contribution is 5.64. The van der Waals surface area contributed by atoms with E-state index in [2.05, 4.69) is 30.4 Å². The topological polar surface area (TPSA) is 98.0 Å². The minimum Gasteiger partial charge on any atom is -0.326 e. The van der Waals surface area contributed by atoms with Gasteiger partial charge in [-0.2, -0.15) is 0 Å². The summed E-state index contributed by atoms with van der Waals surface area (Å²) in [6.07, 6.45) is 6.96. The van der Waals surface area contributed by atoms with Crippen LogP contribution in [0, 0.1) is 4.91 Å². The standard InChI is InChI=1S/C19H15N7O/c1-26-17(12-22-18(26)13-3-2-9-20-11-13)16-8-10-21-19(24-16)23-14-4-6-15(25-27)7-5-14/h2-12H,1H3,(H,21,23,24). The summed E-state index contributed by atoms with van der Waals surface area (Å²) in [5.74, 6) is 1.26. The minimum atomic E-state index is 0.369. The second-order valence-corrected chi connectivity index (χ2v) is 5.80. The smallest absolute Gasteiger partial charge is 0.227 e. The molecule has 0 saturated carbocycles. The maximum atomic E-state index is 10.5. The second kappa shape index (κ2) is 7.12. The molecule has 0 radical (unpaired) electrons. The number of hydrogen-bond acceptors (Lipinski definition) is 7. The zero-order chi connectivity index (χ0) is 18.6. The van der Waals surface area contributed by atoms with E-state index >= 15 is 0 Å². The number of nitroso groups, excluding NO2 is 1. The van der Waals surface area contributed by atoms with Gasteiger partial charge in [-0.05, 0) is 47.6 Å². The van der Waals surface area contributed by atoms with E-state index < -0.39 is 0 Å². The molecule has 27 heavy (non-hydrogen) atoms. The van der Waals surface area contributed by atoms with Crippen molar-refractivity contribution < 1.29 is 0 Å². The van der Waals surface area contributed by atoms with Crippen LogP contribution < -0.4 is 5.32 Å². The maximum absolute atomic E-state index is 10.5. The first-order valence-corrected chi connectivity index (χ1v) is 8.20. The number of imidazole rings is 1. The van der Waals surface area contributed by atoms with Gasteiger partial charge in [0.1, 0.15) is 11.5 Å². The Balaban J connectivity index is 1.63. The molecule has 4 aromatic rings. The van der Waals surface area contributed by atoms with Crippen molar-refractivity contribution in [3.63, 3.8) is 0 Å². The number of anilines is 2. The summed E-state index contributed by atoms with van der Waals surface area (Å²) in [6.45, 7) is 0. The molecule has 3 heterocycles. The van der Waals surface area contributed by atoms with Crippen molar-refractivity contribution in [3.8, 4) is 22.8 Å². The van der Waals surface area contributed by atoms with E-state index in [1.165, 1.54) is 0 Å². The van der Waals surface area contributed by atoms with Gasteiger partial charge in [0.05, 0.1) is 17.6 Å². The molecule has 0 atom stereocenters. The van der Waals surface area contributed by atoms with Crippen molar-refractivity contribution in [1.82, 2.24) is 24.5 Å². The number of benzene rings is 1. The fourth-order valence-corrected chi connectivity index (χ4v) is 2.71. The molecule has 0 aliphatic rings. The average Bonchev–Trinajstić information content (AvgIpc) is 3.11. The molecule has 0 bridgehead atoms. The molecule has 0 spiro atoms. The van der Waals surface area contributed by atoms with Crippen LogP contribution in [0.5, 0.6) is 0 Å². The molecule has 0 unspecified atom stereocenters. The summed E-state index contributed by atoms with van der Waals surface area (Å²) in [7, 11) is 1.94. The van der Waals surface area contributed by atoms with Crippen molar-refractivity contribution >= 4 is 17.3 Å². The van der Waals surface area contributed by atoms with Crippen molar-refractivity contribution in [3.05, 3.63) is 72.2 Å². The first-order chi connectivity index (χ1) is 13.2. The maximum Gasteiger partial charge on any atom is 0.227 e. The molecule has 132 valence electrons. The number of nitrogens with one attached hydrogen (secondary N) is 1. The highest BCUT2D eigenvalue weighted by Gasteiger charge is 2.12. The van der Waals surface area contributed by atoms with Gasteiger partial charge in [-0.15, -0.1) is 4.91 Å². The lowest BCUT2D eigenvalue weighted by Crippen LogP contribution is -2.00. The SMILES string of the molecule is Cn1c(-c2ccnc(Nc3ccc(N=O)cc3)n2)cnc1-c1cccnc1. The highest BCUT2D eigenvalue weighted by atomic mass is 16.3. The van der Waals surface area contributed by atoms with Gasteiger partial charge >= 0.3 is 0 Å². The Bertz CT molecular complexity index is 1070. The predicted molar refractivity (Wildman–Crippen MR) is 103 cm³/mol. The van der Waals surface area contributed by atoms with E-state index in [-0.39, 0.29) is 0 Å². The fraction of sp³-hybridized carbons (Fsp3) is 0.0526. The van der Waals surface area contributed by atoms with Crippen LogP contribution in [-0.4, -0.2) is 24.5 Å². The zero-order valence-corrected chi connectivity index (χ0v) is 14.4. The number of rotatable bonds is 5. The molecule has 0 fully saturated rings. The van der Waals surface area contributed by atoms with Crippen LogP contribution in [0.1, 0.15) is 0 Å². The van der Waals surface area contributed by atoms with E-state index in [1.54, 1.807) is 49.1 Å². The number of pyridine rings is 1. The van der Waals surface area contributed by atoms with Crippen LogP contribution in [0.2, 0.25) is 0 Å². The van der Waals surface area contributed by atoms with E-state index in [4.69, 9.17) is 0 Å². The first kappa shape index (κ1) is 16.5. The minimum absolute atomic E-state index is 0.369. The van der Waals surface area contributed by atoms with Crippen molar-refractivity contribution in [2.24, 2.45) is 12.2 Å². The summed E-state index contributed by atoms with van der Waals surface area (Å²) in [5, 5.41) is 6.00. The Hall–Kier alpha value is -3.94. The van der Waals surface area contributed by atoms with E-state index in [0.29, 0.717) is 11.6 Å². The molecule has 0 saturated heterocycles. The summed E-state index contributed by atoms with van der Waals surface area (Å²) in [4.78, 5) is 28.0. The van der Waals surface area contributed by atoms with Crippen molar-refractivity contribution in [2.75, 3.05) is 5.32 Å². The Morgan fingerprint density at radius 2 is 1.85 bits per heavy atom. The van der Waals surface area contributed by atoms with E-state index in [1.807, 2.05) is 29.8 Å². The molecular weight excluding hydrogens is 342 g/mol. The summed E-state index contributed by atoms with van der Waals surface area (Å²) in [6, 6.07) is 12.4. The van der Waals surface area contributed by atoms with Gasteiger partial charge in [-0.25, -0.2) is 15.0 Å². The number of nitrogens with zero attached hydrogens (tertiary/aromatic N) is 6. The normalized spacial score (nSPS) is 10.6. The van der Waals surface area contributed by atoms with Crippen LogP contribution in [0.25, 0.3) is 22.8 Å². The van der Waals surface area contributed by atoms with Crippen LogP contribution in [0.15, 0.2) is 72.4 Å². The molecule has 1 aromatic carbocycles. The van der Waals surface area contributed by atoms with Crippen LogP contribution in [0.4, 0.5) is 17.3 Å². The molecule has 0 aliphatic carbocycles. The van der Waals surface area contributed by atoms with Gasteiger partial charge in [0.2, 0.25) is 5.95 Å². The number of hydrogen-bond donors (Lipinski definition) is 1. The van der Waals surface area contributed by atoms with Gasteiger partial charge in [0.25, 0.3) is 0 Å². The van der Waals surface area contributed by atoms with Gasteiger partial charge in [0, 0.05) is 36.9 Å². The molecule has 8 nitrogen and oxygen atoms in total.